The highest BCUT2D eigenvalue weighted by molar-refractivity contribution is 5.94. The quantitative estimate of drug-likeness (QED) is 0.810. The third-order valence-electron chi connectivity index (χ3n) is 5.91. The first kappa shape index (κ1) is 19.6. The van der Waals surface area contributed by atoms with E-state index in [0.29, 0.717) is 23.3 Å². The number of rotatable bonds is 6. The molecule has 29 heavy (non-hydrogen) atoms. The van der Waals surface area contributed by atoms with Crippen LogP contribution in [0.3, 0.4) is 0 Å². The van der Waals surface area contributed by atoms with E-state index in [1.165, 1.54) is 0 Å². The summed E-state index contributed by atoms with van der Waals surface area (Å²) in [7, 11) is 1.99. The molecule has 1 amide bonds. The largest absolute Gasteiger partial charge is 0.381 e. The summed E-state index contributed by atoms with van der Waals surface area (Å²) < 4.78 is 5.54. The highest BCUT2D eigenvalue weighted by Crippen LogP contribution is 2.40. The van der Waals surface area contributed by atoms with Crippen LogP contribution in [0.4, 0.5) is 11.5 Å². The van der Waals surface area contributed by atoms with Crippen LogP contribution in [0.15, 0.2) is 30.3 Å². The summed E-state index contributed by atoms with van der Waals surface area (Å²) in [5.41, 5.74) is 2.99. The molecule has 0 radical (unpaired) electrons. The summed E-state index contributed by atoms with van der Waals surface area (Å²) >= 11 is 0. The molecule has 0 aliphatic carbocycles. The summed E-state index contributed by atoms with van der Waals surface area (Å²) in [6.45, 7) is 9.03. The van der Waals surface area contributed by atoms with Gasteiger partial charge in [0.1, 0.15) is 11.6 Å². The van der Waals surface area contributed by atoms with E-state index in [4.69, 9.17) is 4.74 Å². The zero-order valence-electron chi connectivity index (χ0n) is 17.4. The van der Waals surface area contributed by atoms with Gasteiger partial charge in [-0.05, 0) is 44.5 Å². The van der Waals surface area contributed by atoms with Gasteiger partial charge in [-0.3, -0.25) is 4.79 Å². The Morgan fingerprint density at radius 2 is 2.03 bits per heavy atom. The number of aromatic nitrogens is 2. The van der Waals surface area contributed by atoms with Crippen LogP contribution in [0.2, 0.25) is 0 Å². The minimum absolute atomic E-state index is 0.0949. The molecule has 4 rings (SSSR count). The van der Waals surface area contributed by atoms with Gasteiger partial charge in [-0.2, -0.15) is 0 Å². The highest BCUT2D eigenvalue weighted by Gasteiger charge is 2.45. The highest BCUT2D eigenvalue weighted by atomic mass is 16.5. The van der Waals surface area contributed by atoms with E-state index in [1.807, 2.05) is 44.3 Å². The number of benzene rings is 1. The van der Waals surface area contributed by atoms with E-state index in [1.54, 1.807) is 0 Å². The summed E-state index contributed by atoms with van der Waals surface area (Å²) in [6.07, 6.45) is 1.16. The maximum Gasteiger partial charge on any atom is 0.251 e. The van der Waals surface area contributed by atoms with Crippen molar-refractivity contribution in [3.63, 3.8) is 0 Å². The summed E-state index contributed by atoms with van der Waals surface area (Å²) in [6, 6.07) is 9.76. The van der Waals surface area contributed by atoms with E-state index in [2.05, 4.69) is 32.0 Å². The lowest BCUT2D eigenvalue weighted by Crippen LogP contribution is -2.56. The first-order chi connectivity index (χ1) is 14.0. The zero-order valence-corrected chi connectivity index (χ0v) is 17.4. The van der Waals surface area contributed by atoms with Crippen LogP contribution in [-0.4, -0.2) is 55.8 Å². The number of carbonyl (C=O) groups excluding carboxylic acids is 1. The molecule has 0 atom stereocenters. The molecule has 3 heterocycles. The Bertz CT molecular complexity index is 869. The van der Waals surface area contributed by atoms with E-state index in [-0.39, 0.29) is 5.91 Å². The Labute approximate surface area is 172 Å². The number of hydrogen-bond acceptors (Lipinski definition) is 6. The van der Waals surface area contributed by atoms with Crippen LogP contribution in [-0.2, 0) is 11.3 Å². The topological polar surface area (TPSA) is 70.6 Å². The standard InChI is InChI=1S/C22H29N5O2/c1-4-26(3)20-11-18(24-16(2)25-20)12-23-21(28)17-5-7-19(8-6-17)27-13-22(14-27)9-10-29-15-22/h5-8,11H,4,9-10,12-15H2,1-3H3,(H,23,28). The van der Waals surface area contributed by atoms with E-state index in [9.17, 15) is 4.79 Å². The number of nitrogens with zero attached hydrogens (tertiary/aromatic N) is 4. The molecule has 1 spiro atoms. The van der Waals surface area contributed by atoms with Crippen molar-refractivity contribution in [2.24, 2.45) is 5.41 Å². The van der Waals surface area contributed by atoms with Crippen molar-refractivity contribution in [1.82, 2.24) is 15.3 Å². The number of nitrogens with one attached hydrogen (secondary N) is 1. The van der Waals surface area contributed by atoms with Crippen molar-refractivity contribution in [1.29, 1.82) is 0 Å². The van der Waals surface area contributed by atoms with Gasteiger partial charge in [0.2, 0.25) is 0 Å². The summed E-state index contributed by atoms with van der Waals surface area (Å²) in [4.78, 5) is 25.8. The Kier molecular flexibility index (Phi) is 5.41. The van der Waals surface area contributed by atoms with Gasteiger partial charge in [-0.1, -0.05) is 0 Å². The second kappa shape index (κ2) is 7.99. The van der Waals surface area contributed by atoms with E-state index < -0.39 is 0 Å². The molecule has 1 aromatic carbocycles. The molecule has 2 saturated heterocycles. The zero-order chi connectivity index (χ0) is 20.4. The molecule has 2 aromatic rings. The molecule has 2 aliphatic heterocycles. The molecule has 0 unspecified atom stereocenters. The van der Waals surface area contributed by atoms with Crippen LogP contribution >= 0.6 is 0 Å². The molecule has 1 N–H and O–H groups in total. The van der Waals surface area contributed by atoms with Crippen molar-refractivity contribution >= 4 is 17.4 Å². The van der Waals surface area contributed by atoms with Crippen molar-refractivity contribution < 1.29 is 9.53 Å². The van der Waals surface area contributed by atoms with Crippen LogP contribution in [0.5, 0.6) is 0 Å². The maximum atomic E-state index is 12.6. The van der Waals surface area contributed by atoms with Gasteiger partial charge in [-0.25, -0.2) is 9.97 Å². The fraction of sp³-hybridized carbons (Fsp3) is 0.500. The fourth-order valence-electron chi connectivity index (χ4n) is 4.00. The van der Waals surface area contributed by atoms with Crippen LogP contribution < -0.4 is 15.1 Å². The van der Waals surface area contributed by atoms with Crippen molar-refractivity contribution in [3.05, 3.63) is 47.4 Å². The Hall–Kier alpha value is -2.67. The lowest BCUT2D eigenvalue weighted by atomic mass is 9.79. The minimum atomic E-state index is -0.0949. The van der Waals surface area contributed by atoms with Gasteiger partial charge in [0.25, 0.3) is 5.91 Å². The Morgan fingerprint density at radius 3 is 2.69 bits per heavy atom. The number of hydrogen-bond donors (Lipinski definition) is 1. The van der Waals surface area contributed by atoms with Crippen LogP contribution in [0.1, 0.15) is 35.2 Å². The second-order valence-corrected chi connectivity index (χ2v) is 8.17. The molecule has 0 bridgehead atoms. The Morgan fingerprint density at radius 1 is 1.28 bits per heavy atom. The predicted molar refractivity (Wildman–Crippen MR) is 113 cm³/mol. The SMILES string of the molecule is CCN(C)c1cc(CNC(=O)c2ccc(N3CC4(CCOC4)C3)cc2)nc(C)n1. The van der Waals surface area contributed by atoms with Crippen molar-refractivity contribution in [2.75, 3.05) is 49.7 Å². The molecular formula is C22H29N5O2. The van der Waals surface area contributed by atoms with Gasteiger partial charge in [0.15, 0.2) is 0 Å². The van der Waals surface area contributed by atoms with Gasteiger partial charge >= 0.3 is 0 Å². The summed E-state index contributed by atoms with van der Waals surface area (Å²) in [5, 5.41) is 2.97. The fourth-order valence-corrected chi connectivity index (χ4v) is 4.00. The van der Waals surface area contributed by atoms with Crippen molar-refractivity contribution in [2.45, 2.75) is 26.8 Å². The third kappa shape index (κ3) is 4.19. The number of ether oxygens (including phenoxy) is 1. The average molecular weight is 396 g/mol. The number of amides is 1. The van der Waals surface area contributed by atoms with E-state index >= 15 is 0 Å². The van der Waals surface area contributed by atoms with Gasteiger partial charge in [-0.15, -0.1) is 0 Å². The number of carbonyl (C=O) groups is 1. The Balaban J connectivity index is 1.34. The van der Waals surface area contributed by atoms with Crippen LogP contribution in [0, 0.1) is 12.3 Å². The van der Waals surface area contributed by atoms with Crippen LogP contribution in [0.25, 0.3) is 0 Å². The van der Waals surface area contributed by atoms with Gasteiger partial charge in [0.05, 0.1) is 18.8 Å². The summed E-state index contributed by atoms with van der Waals surface area (Å²) in [5.74, 6) is 1.48. The monoisotopic (exact) mass is 395 g/mol. The average Bonchev–Trinajstić information content (AvgIpc) is 3.20. The maximum absolute atomic E-state index is 12.6. The molecule has 1 aromatic heterocycles. The number of anilines is 2. The third-order valence-corrected chi connectivity index (χ3v) is 5.91. The first-order valence-electron chi connectivity index (χ1n) is 10.2. The van der Waals surface area contributed by atoms with Gasteiger partial charge in [0, 0.05) is 56.0 Å². The molecule has 7 nitrogen and oxygen atoms in total. The molecular weight excluding hydrogens is 366 g/mol. The molecule has 7 heteroatoms. The smallest absolute Gasteiger partial charge is 0.251 e. The lowest BCUT2D eigenvalue weighted by molar-refractivity contribution is 0.0950. The van der Waals surface area contributed by atoms with E-state index in [0.717, 1.165) is 56.5 Å². The normalized spacial score (nSPS) is 17.3. The molecule has 154 valence electrons. The van der Waals surface area contributed by atoms with Gasteiger partial charge < -0.3 is 19.9 Å². The first-order valence-corrected chi connectivity index (χ1v) is 10.2. The molecule has 2 aliphatic rings. The lowest BCUT2D eigenvalue weighted by Gasteiger charge is -2.48. The second-order valence-electron chi connectivity index (χ2n) is 8.17. The van der Waals surface area contributed by atoms with Crippen molar-refractivity contribution in [3.8, 4) is 0 Å². The molecule has 2 fully saturated rings. The predicted octanol–water partition coefficient (Wildman–Crippen LogP) is 2.40. The number of aryl methyl sites for hydroxylation is 1. The minimum Gasteiger partial charge on any atom is -0.381 e. The molecule has 0 saturated carbocycles.